The molecule has 1 saturated heterocycles. The van der Waals surface area contributed by atoms with E-state index in [1.165, 1.54) is 11.1 Å². The molecule has 3 aromatic carbocycles. The van der Waals surface area contributed by atoms with Gasteiger partial charge < -0.3 is 0 Å². The zero-order chi connectivity index (χ0) is 24.5. The fourth-order valence-corrected chi connectivity index (χ4v) is 5.91. The molecular formula is C29H31N3O3. The predicted octanol–water partition coefficient (Wildman–Crippen LogP) is 4.48. The average Bonchev–Trinajstić information content (AvgIpc) is 3.36. The molecule has 2 heterocycles. The standard InChI is InChI=1S/C29H31N3O3/c1-3-8-26(28(34)30-18-33)32-25-12-7-11-22-21(13-14-23(27(22)25)29(32)35)24-17-31(15-19(24)2)16-20-9-5-4-6-10-20/h4-7,9-14,18-19,24,26H,3,8,15-17H2,1-2H3,(H,30,33,34). The molecule has 0 bridgehead atoms. The fraction of sp³-hybridized carbons (Fsp3) is 0.345. The van der Waals surface area contributed by atoms with Gasteiger partial charge in [0.1, 0.15) is 6.04 Å². The summed E-state index contributed by atoms with van der Waals surface area (Å²) in [5.74, 6) is 0.223. The molecule has 3 unspecified atom stereocenters. The van der Waals surface area contributed by atoms with Crippen molar-refractivity contribution in [3.63, 3.8) is 0 Å². The van der Waals surface area contributed by atoms with Crippen LogP contribution in [-0.2, 0) is 16.1 Å². The summed E-state index contributed by atoms with van der Waals surface area (Å²) in [6.45, 7) is 7.19. The molecule has 0 saturated carbocycles. The number of carbonyl (C=O) groups excluding carboxylic acids is 3. The second-order valence-corrected chi connectivity index (χ2v) is 9.77. The molecule has 3 aromatic rings. The summed E-state index contributed by atoms with van der Waals surface area (Å²) in [4.78, 5) is 41.3. The molecule has 2 aliphatic heterocycles. The normalized spacial score (nSPS) is 20.4. The lowest BCUT2D eigenvalue weighted by molar-refractivity contribution is -0.126. The number of amides is 3. The number of likely N-dealkylation sites (tertiary alicyclic amines) is 1. The van der Waals surface area contributed by atoms with Gasteiger partial charge in [-0.05, 0) is 41.0 Å². The first-order valence-corrected chi connectivity index (χ1v) is 12.4. The topological polar surface area (TPSA) is 69.7 Å². The highest BCUT2D eigenvalue weighted by Gasteiger charge is 2.39. The van der Waals surface area contributed by atoms with E-state index in [4.69, 9.17) is 0 Å². The van der Waals surface area contributed by atoms with E-state index < -0.39 is 11.9 Å². The zero-order valence-electron chi connectivity index (χ0n) is 20.2. The number of hydrogen-bond donors (Lipinski definition) is 1. The van der Waals surface area contributed by atoms with Gasteiger partial charge in [0.25, 0.3) is 5.91 Å². The fourth-order valence-electron chi connectivity index (χ4n) is 5.91. The largest absolute Gasteiger partial charge is 0.298 e. The SMILES string of the molecule is CCCC(C(=O)NC=O)N1C(=O)c2ccc(C3CN(Cc4ccccc4)CC3C)c3cccc1c23. The Kier molecular flexibility index (Phi) is 6.39. The Balaban J connectivity index is 1.50. The lowest BCUT2D eigenvalue weighted by atomic mass is 9.86. The van der Waals surface area contributed by atoms with Gasteiger partial charge in [-0.1, -0.05) is 68.8 Å². The molecule has 180 valence electrons. The van der Waals surface area contributed by atoms with Crippen LogP contribution < -0.4 is 10.2 Å². The van der Waals surface area contributed by atoms with Crippen molar-refractivity contribution < 1.29 is 14.4 Å². The van der Waals surface area contributed by atoms with E-state index in [0.29, 0.717) is 30.2 Å². The predicted molar refractivity (Wildman–Crippen MR) is 137 cm³/mol. The second kappa shape index (κ2) is 9.62. The highest BCUT2D eigenvalue weighted by atomic mass is 16.2. The van der Waals surface area contributed by atoms with Crippen LogP contribution in [-0.4, -0.2) is 42.3 Å². The Labute approximate surface area is 205 Å². The first-order chi connectivity index (χ1) is 17.0. The minimum atomic E-state index is -0.717. The summed E-state index contributed by atoms with van der Waals surface area (Å²) in [6, 6.07) is 19.9. The van der Waals surface area contributed by atoms with Crippen molar-refractivity contribution in [2.24, 2.45) is 5.92 Å². The first kappa shape index (κ1) is 23.2. The van der Waals surface area contributed by atoms with Gasteiger partial charge in [-0.15, -0.1) is 0 Å². The molecule has 2 aliphatic rings. The minimum absolute atomic E-state index is 0.174. The number of carbonyl (C=O) groups is 3. The zero-order valence-corrected chi connectivity index (χ0v) is 20.2. The van der Waals surface area contributed by atoms with E-state index in [2.05, 4.69) is 53.5 Å². The summed E-state index contributed by atoms with van der Waals surface area (Å²) >= 11 is 0. The highest BCUT2D eigenvalue weighted by molar-refractivity contribution is 6.27. The van der Waals surface area contributed by atoms with Gasteiger partial charge in [0.15, 0.2) is 0 Å². The number of benzene rings is 3. The lowest BCUT2D eigenvalue weighted by Gasteiger charge is -2.27. The number of imide groups is 1. The number of anilines is 1. The quantitative estimate of drug-likeness (QED) is 0.494. The Hall–Kier alpha value is -3.51. The Morgan fingerprint density at radius 2 is 1.89 bits per heavy atom. The van der Waals surface area contributed by atoms with Gasteiger partial charge in [-0.3, -0.25) is 29.5 Å². The molecule has 1 fully saturated rings. The van der Waals surface area contributed by atoms with E-state index in [9.17, 15) is 14.4 Å². The van der Waals surface area contributed by atoms with Crippen molar-refractivity contribution in [2.75, 3.05) is 18.0 Å². The smallest absolute Gasteiger partial charge is 0.259 e. The molecule has 5 rings (SSSR count). The van der Waals surface area contributed by atoms with Gasteiger partial charge in [-0.25, -0.2) is 0 Å². The molecule has 6 nitrogen and oxygen atoms in total. The summed E-state index contributed by atoms with van der Waals surface area (Å²) in [7, 11) is 0. The Morgan fingerprint density at radius 1 is 1.09 bits per heavy atom. The van der Waals surface area contributed by atoms with Crippen LogP contribution in [0.15, 0.2) is 60.7 Å². The molecule has 0 aliphatic carbocycles. The molecule has 3 amide bonds. The summed E-state index contributed by atoms with van der Waals surface area (Å²) in [6.07, 6.45) is 1.59. The monoisotopic (exact) mass is 469 g/mol. The maximum atomic E-state index is 13.5. The van der Waals surface area contributed by atoms with Gasteiger partial charge in [0.05, 0.1) is 5.69 Å². The van der Waals surface area contributed by atoms with Crippen LogP contribution in [0.3, 0.4) is 0 Å². The minimum Gasteiger partial charge on any atom is -0.298 e. The third-order valence-corrected chi connectivity index (χ3v) is 7.48. The summed E-state index contributed by atoms with van der Waals surface area (Å²) in [5, 5.41) is 4.26. The van der Waals surface area contributed by atoms with Crippen molar-refractivity contribution in [2.45, 2.75) is 45.2 Å². The van der Waals surface area contributed by atoms with E-state index in [0.717, 1.165) is 42.5 Å². The molecule has 35 heavy (non-hydrogen) atoms. The number of nitrogens with zero attached hydrogens (tertiary/aromatic N) is 2. The van der Waals surface area contributed by atoms with Crippen molar-refractivity contribution in [1.29, 1.82) is 0 Å². The van der Waals surface area contributed by atoms with Crippen molar-refractivity contribution in [3.8, 4) is 0 Å². The lowest BCUT2D eigenvalue weighted by Crippen LogP contribution is -2.48. The number of nitrogens with one attached hydrogen (secondary N) is 1. The third-order valence-electron chi connectivity index (χ3n) is 7.48. The molecule has 1 N–H and O–H groups in total. The molecular weight excluding hydrogens is 438 g/mol. The van der Waals surface area contributed by atoms with Gasteiger partial charge in [-0.2, -0.15) is 0 Å². The first-order valence-electron chi connectivity index (χ1n) is 12.4. The maximum absolute atomic E-state index is 13.5. The van der Waals surface area contributed by atoms with Gasteiger partial charge >= 0.3 is 0 Å². The maximum Gasteiger partial charge on any atom is 0.259 e. The van der Waals surface area contributed by atoms with Gasteiger partial charge in [0, 0.05) is 36.5 Å². The Bertz CT molecular complexity index is 1270. The van der Waals surface area contributed by atoms with Crippen LogP contribution >= 0.6 is 0 Å². The van der Waals surface area contributed by atoms with Crippen LogP contribution in [0, 0.1) is 5.92 Å². The summed E-state index contributed by atoms with van der Waals surface area (Å²) in [5.41, 5.74) is 3.96. The molecule has 0 aromatic heterocycles. The van der Waals surface area contributed by atoms with E-state index in [-0.39, 0.29) is 5.91 Å². The summed E-state index contributed by atoms with van der Waals surface area (Å²) < 4.78 is 0. The second-order valence-electron chi connectivity index (χ2n) is 9.77. The van der Waals surface area contributed by atoms with Crippen molar-refractivity contribution in [3.05, 3.63) is 77.4 Å². The molecule has 6 heteroatoms. The van der Waals surface area contributed by atoms with Crippen molar-refractivity contribution in [1.82, 2.24) is 10.2 Å². The van der Waals surface area contributed by atoms with Crippen LogP contribution in [0.25, 0.3) is 10.8 Å². The van der Waals surface area contributed by atoms with E-state index in [1.54, 1.807) is 4.90 Å². The molecule has 0 spiro atoms. The number of hydrogen-bond acceptors (Lipinski definition) is 4. The third kappa shape index (κ3) is 4.12. The average molecular weight is 470 g/mol. The van der Waals surface area contributed by atoms with Crippen molar-refractivity contribution >= 4 is 34.7 Å². The van der Waals surface area contributed by atoms with E-state index >= 15 is 0 Å². The molecule has 3 atom stereocenters. The van der Waals surface area contributed by atoms with Crippen LogP contribution in [0.5, 0.6) is 0 Å². The van der Waals surface area contributed by atoms with Gasteiger partial charge in [0.2, 0.25) is 12.3 Å². The van der Waals surface area contributed by atoms with E-state index in [1.807, 2.05) is 31.2 Å². The van der Waals surface area contributed by atoms with Crippen LogP contribution in [0.4, 0.5) is 5.69 Å². The number of rotatable bonds is 8. The highest BCUT2D eigenvalue weighted by Crippen LogP contribution is 2.44. The Morgan fingerprint density at radius 3 is 2.63 bits per heavy atom. The van der Waals surface area contributed by atoms with Crippen LogP contribution in [0.1, 0.15) is 54.1 Å². The molecule has 0 radical (unpaired) electrons. The van der Waals surface area contributed by atoms with Crippen LogP contribution in [0.2, 0.25) is 0 Å².